The van der Waals surface area contributed by atoms with Crippen LogP contribution in [0.3, 0.4) is 0 Å². The molecule has 13 heavy (non-hydrogen) atoms. The Morgan fingerprint density at radius 2 is 2.08 bits per heavy atom. The average Bonchev–Trinajstić information content (AvgIpc) is 2.21. The molecule has 1 aromatic rings. The molecule has 0 heterocycles. The Morgan fingerprint density at radius 1 is 1.38 bits per heavy atom. The summed E-state index contributed by atoms with van der Waals surface area (Å²) in [4.78, 5) is 0. The van der Waals surface area contributed by atoms with E-state index in [1.807, 2.05) is 12.1 Å². The first kappa shape index (κ1) is 10.0. The minimum atomic E-state index is 0.458. The molecule has 1 aromatic carbocycles. The summed E-state index contributed by atoms with van der Waals surface area (Å²) >= 11 is 0. The number of hydrogen-bond donors (Lipinski definition) is 1. The van der Waals surface area contributed by atoms with Crippen molar-refractivity contribution in [3.05, 3.63) is 48.6 Å². The number of benzene rings is 1. The Labute approximate surface area is 80.5 Å². The molecular formula is C12H17N. The summed E-state index contributed by atoms with van der Waals surface area (Å²) in [6.45, 7) is 6.75. The minimum absolute atomic E-state index is 0.458. The SMILES string of the molecule is C=CCNC(CC)c1ccccc1. The van der Waals surface area contributed by atoms with E-state index in [4.69, 9.17) is 0 Å². The average molecular weight is 175 g/mol. The van der Waals surface area contributed by atoms with Gasteiger partial charge in [-0.05, 0) is 12.0 Å². The third-order valence-electron chi connectivity index (χ3n) is 2.12. The quantitative estimate of drug-likeness (QED) is 0.678. The van der Waals surface area contributed by atoms with E-state index in [9.17, 15) is 0 Å². The molecule has 0 bridgehead atoms. The fourth-order valence-electron chi connectivity index (χ4n) is 1.41. The third kappa shape index (κ3) is 3.03. The minimum Gasteiger partial charge on any atom is -0.306 e. The summed E-state index contributed by atoms with van der Waals surface area (Å²) in [5, 5.41) is 3.42. The summed E-state index contributed by atoms with van der Waals surface area (Å²) in [5.74, 6) is 0. The van der Waals surface area contributed by atoms with Crippen molar-refractivity contribution < 1.29 is 0 Å². The van der Waals surface area contributed by atoms with Gasteiger partial charge in [0.1, 0.15) is 0 Å². The molecule has 1 heteroatoms. The predicted molar refractivity (Wildman–Crippen MR) is 57.7 cm³/mol. The maximum absolute atomic E-state index is 3.70. The first-order valence-corrected chi connectivity index (χ1v) is 4.77. The van der Waals surface area contributed by atoms with E-state index in [1.165, 1.54) is 5.56 Å². The van der Waals surface area contributed by atoms with Gasteiger partial charge < -0.3 is 5.32 Å². The molecule has 70 valence electrons. The van der Waals surface area contributed by atoms with Crippen molar-refractivity contribution in [2.24, 2.45) is 0 Å². The van der Waals surface area contributed by atoms with Crippen LogP contribution >= 0.6 is 0 Å². The number of hydrogen-bond acceptors (Lipinski definition) is 1. The van der Waals surface area contributed by atoms with Crippen molar-refractivity contribution in [2.75, 3.05) is 6.54 Å². The lowest BCUT2D eigenvalue weighted by atomic mass is 10.1. The summed E-state index contributed by atoms with van der Waals surface area (Å²) in [6, 6.07) is 11.0. The van der Waals surface area contributed by atoms with Gasteiger partial charge in [0.25, 0.3) is 0 Å². The van der Waals surface area contributed by atoms with Crippen molar-refractivity contribution in [2.45, 2.75) is 19.4 Å². The Morgan fingerprint density at radius 3 is 2.62 bits per heavy atom. The normalized spacial score (nSPS) is 12.4. The van der Waals surface area contributed by atoms with E-state index in [0.29, 0.717) is 6.04 Å². The zero-order chi connectivity index (χ0) is 9.52. The van der Waals surface area contributed by atoms with Gasteiger partial charge in [-0.15, -0.1) is 6.58 Å². The van der Waals surface area contributed by atoms with E-state index in [-0.39, 0.29) is 0 Å². The zero-order valence-corrected chi connectivity index (χ0v) is 8.16. The van der Waals surface area contributed by atoms with Crippen molar-refractivity contribution in [1.82, 2.24) is 5.32 Å². The molecule has 0 radical (unpaired) electrons. The molecule has 1 nitrogen and oxygen atoms in total. The molecule has 0 aliphatic rings. The molecule has 0 aliphatic carbocycles. The topological polar surface area (TPSA) is 12.0 Å². The second kappa shape index (κ2) is 5.55. The van der Waals surface area contributed by atoms with E-state index in [0.717, 1.165) is 13.0 Å². The fourth-order valence-corrected chi connectivity index (χ4v) is 1.41. The van der Waals surface area contributed by atoms with Gasteiger partial charge >= 0.3 is 0 Å². The van der Waals surface area contributed by atoms with Crippen LogP contribution < -0.4 is 5.32 Å². The first-order valence-electron chi connectivity index (χ1n) is 4.77. The largest absolute Gasteiger partial charge is 0.306 e. The fraction of sp³-hybridized carbons (Fsp3) is 0.333. The molecule has 0 aliphatic heterocycles. The van der Waals surface area contributed by atoms with Crippen LogP contribution in [0.2, 0.25) is 0 Å². The molecule has 1 N–H and O–H groups in total. The van der Waals surface area contributed by atoms with Crippen LogP contribution in [-0.4, -0.2) is 6.54 Å². The van der Waals surface area contributed by atoms with Crippen LogP contribution in [-0.2, 0) is 0 Å². The zero-order valence-electron chi connectivity index (χ0n) is 8.16. The van der Waals surface area contributed by atoms with E-state index in [1.54, 1.807) is 0 Å². The molecule has 0 saturated heterocycles. The van der Waals surface area contributed by atoms with E-state index >= 15 is 0 Å². The van der Waals surface area contributed by atoms with Crippen LogP contribution in [0.25, 0.3) is 0 Å². The lowest BCUT2D eigenvalue weighted by molar-refractivity contribution is 0.551. The molecule has 0 saturated carbocycles. The Balaban J connectivity index is 2.61. The highest BCUT2D eigenvalue weighted by atomic mass is 14.9. The van der Waals surface area contributed by atoms with Gasteiger partial charge in [0.15, 0.2) is 0 Å². The summed E-state index contributed by atoms with van der Waals surface area (Å²) in [6.07, 6.45) is 3.00. The first-order chi connectivity index (χ1) is 6.38. The highest BCUT2D eigenvalue weighted by Crippen LogP contribution is 2.15. The van der Waals surface area contributed by atoms with Gasteiger partial charge in [-0.2, -0.15) is 0 Å². The van der Waals surface area contributed by atoms with Gasteiger partial charge in [-0.25, -0.2) is 0 Å². The van der Waals surface area contributed by atoms with Gasteiger partial charge in [0, 0.05) is 12.6 Å². The maximum atomic E-state index is 3.70. The third-order valence-corrected chi connectivity index (χ3v) is 2.12. The van der Waals surface area contributed by atoms with Crippen molar-refractivity contribution in [3.63, 3.8) is 0 Å². The van der Waals surface area contributed by atoms with Gasteiger partial charge in [0.05, 0.1) is 0 Å². The second-order valence-electron chi connectivity index (χ2n) is 3.07. The Hall–Kier alpha value is -1.08. The molecule has 1 atom stereocenters. The van der Waals surface area contributed by atoms with Crippen molar-refractivity contribution in [3.8, 4) is 0 Å². The van der Waals surface area contributed by atoms with Crippen LogP contribution in [0.5, 0.6) is 0 Å². The summed E-state index contributed by atoms with van der Waals surface area (Å²) < 4.78 is 0. The molecule has 0 spiro atoms. The monoisotopic (exact) mass is 175 g/mol. The highest BCUT2D eigenvalue weighted by Gasteiger charge is 2.05. The Bertz CT molecular complexity index is 241. The van der Waals surface area contributed by atoms with E-state index in [2.05, 4.69) is 43.1 Å². The van der Waals surface area contributed by atoms with Gasteiger partial charge in [-0.3, -0.25) is 0 Å². The summed E-state index contributed by atoms with van der Waals surface area (Å²) in [7, 11) is 0. The summed E-state index contributed by atoms with van der Waals surface area (Å²) in [5.41, 5.74) is 1.35. The second-order valence-corrected chi connectivity index (χ2v) is 3.07. The molecule has 0 fully saturated rings. The van der Waals surface area contributed by atoms with Crippen LogP contribution in [0.15, 0.2) is 43.0 Å². The molecular weight excluding hydrogens is 158 g/mol. The molecule has 1 rings (SSSR count). The molecule has 0 amide bonds. The maximum Gasteiger partial charge on any atom is 0.0320 e. The predicted octanol–water partition coefficient (Wildman–Crippen LogP) is 2.91. The van der Waals surface area contributed by atoms with Crippen LogP contribution in [0, 0.1) is 0 Å². The lowest BCUT2D eigenvalue weighted by Gasteiger charge is -2.15. The highest BCUT2D eigenvalue weighted by molar-refractivity contribution is 5.18. The number of rotatable bonds is 5. The van der Waals surface area contributed by atoms with Crippen LogP contribution in [0.4, 0.5) is 0 Å². The van der Waals surface area contributed by atoms with Gasteiger partial charge in [-0.1, -0.05) is 43.3 Å². The smallest absolute Gasteiger partial charge is 0.0320 e. The lowest BCUT2D eigenvalue weighted by Crippen LogP contribution is -2.20. The number of nitrogens with one attached hydrogen (secondary N) is 1. The standard InChI is InChI=1S/C12H17N/c1-3-10-13-12(4-2)11-8-6-5-7-9-11/h3,5-9,12-13H,1,4,10H2,2H3. The molecule has 0 aromatic heterocycles. The van der Waals surface area contributed by atoms with Crippen molar-refractivity contribution in [1.29, 1.82) is 0 Å². The van der Waals surface area contributed by atoms with Gasteiger partial charge in [0.2, 0.25) is 0 Å². The van der Waals surface area contributed by atoms with E-state index < -0.39 is 0 Å². The Kier molecular flexibility index (Phi) is 4.27. The van der Waals surface area contributed by atoms with Crippen LogP contribution in [0.1, 0.15) is 24.9 Å². The molecule has 1 unspecified atom stereocenters. The van der Waals surface area contributed by atoms with Crippen molar-refractivity contribution >= 4 is 0 Å².